The summed E-state index contributed by atoms with van der Waals surface area (Å²) in [6, 6.07) is -0.226. The van der Waals surface area contributed by atoms with Gasteiger partial charge in [-0.1, -0.05) is 0 Å². The lowest BCUT2D eigenvalue weighted by Gasteiger charge is -2.32. The Hall–Kier alpha value is -0.940. The molecule has 2 saturated heterocycles. The van der Waals surface area contributed by atoms with Gasteiger partial charge >= 0.3 is 6.03 Å². The van der Waals surface area contributed by atoms with E-state index in [0.717, 1.165) is 6.42 Å². The number of hydrogen-bond acceptors (Lipinski definition) is 5. The van der Waals surface area contributed by atoms with Crippen molar-refractivity contribution in [1.82, 2.24) is 19.2 Å². The van der Waals surface area contributed by atoms with E-state index in [2.05, 4.69) is 10.6 Å². The van der Waals surface area contributed by atoms with Gasteiger partial charge in [-0.2, -0.15) is 17.0 Å². The smallest absolute Gasteiger partial charge is 0.314 e. The van der Waals surface area contributed by atoms with E-state index in [1.165, 1.54) is 22.7 Å². The van der Waals surface area contributed by atoms with Gasteiger partial charge in [0, 0.05) is 40.3 Å². The predicted octanol–water partition coefficient (Wildman–Crippen LogP) is -0.638. The number of carbonyl (C=O) groups excluding carboxylic acids is 1. The largest absolute Gasteiger partial charge is 0.377 e. The molecule has 0 unspecified atom stereocenters. The molecule has 24 heavy (non-hydrogen) atoms. The molecule has 1 spiro atoms. The topological polar surface area (TPSA) is 100 Å². The maximum atomic E-state index is 12.4. The summed E-state index contributed by atoms with van der Waals surface area (Å²) >= 11 is 0. The fraction of sp³-hybridized carbons (Fsp3) is 0.929. The third-order valence-corrected chi connectivity index (χ3v) is 6.16. The molecule has 0 aliphatic carbocycles. The van der Waals surface area contributed by atoms with Crippen molar-refractivity contribution in [2.45, 2.75) is 31.5 Å². The standard InChI is InChI=1S/C14H28N4O5S/c1-4-15-13(19)16-9-12-5-6-14(23-12)10-18(7-8-22-11-14)24(20,21)17(2)3/h12H,4-11H2,1-3H3,(H2,15,16,19)/t12-,14+/m0/s1. The van der Waals surface area contributed by atoms with E-state index >= 15 is 0 Å². The highest BCUT2D eigenvalue weighted by molar-refractivity contribution is 7.86. The third-order valence-electron chi connectivity index (χ3n) is 4.27. The SMILES string of the molecule is CCNC(=O)NC[C@@H]1CC[C@@]2(COCCN(S(=O)(=O)N(C)C)C2)O1. The third kappa shape index (κ3) is 4.57. The summed E-state index contributed by atoms with van der Waals surface area (Å²) in [7, 11) is -0.478. The summed E-state index contributed by atoms with van der Waals surface area (Å²) in [5.74, 6) is 0. The molecule has 0 radical (unpaired) electrons. The molecule has 2 rings (SSSR count). The number of hydrogen-bond donors (Lipinski definition) is 2. The number of nitrogens with one attached hydrogen (secondary N) is 2. The van der Waals surface area contributed by atoms with Crippen LogP contribution in [0.5, 0.6) is 0 Å². The van der Waals surface area contributed by atoms with Crippen molar-refractivity contribution < 1.29 is 22.7 Å². The summed E-state index contributed by atoms with van der Waals surface area (Å²) in [5.41, 5.74) is -0.646. The second-order valence-electron chi connectivity index (χ2n) is 6.38. The van der Waals surface area contributed by atoms with Crippen molar-refractivity contribution >= 4 is 16.2 Å². The van der Waals surface area contributed by atoms with Crippen LogP contribution in [0.15, 0.2) is 0 Å². The minimum atomic E-state index is -3.51. The molecule has 140 valence electrons. The van der Waals surface area contributed by atoms with Gasteiger partial charge in [-0.3, -0.25) is 0 Å². The van der Waals surface area contributed by atoms with Gasteiger partial charge in [-0.25, -0.2) is 4.79 Å². The summed E-state index contributed by atoms with van der Waals surface area (Å²) in [6.07, 6.45) is 1.32. The molecule has 2 fully saturated rings. The first-order chi connectivity index (χ1) is 11.3. The minimum absolute atomic E-state index is 0.141. The molecule has 0 aromatic carbocycles. The van der Waals surface area contributed by atoms with E-state index in [-0.39, 0.29) is 18.7 Å². The van der Waals surface area contributed by atoms with Crippen LogP contribution in [0.3, 0.4) is 0 Å². The summed E-state index contributed by atoms with van der Waals surface area (Å²) in [6.45, 7) is 4.10. The van der Waals surface area contributed by atoms with Gasteiger partial charge in [0.25, 0.3) is 10.2 Å². The Kier molecular flexibility index (Phi) is 6.43. The van der Waals surface area contributed by atoms with Crippen LogP contribution in [0.2, 0.25) is 0 Å². The fourth-order valence-corrected chi connectivity index (χ4v) is 4.16. The van der Waals surface area contributed by atoms with Crippen LogP contribution < -0.4 is 10.6 Å². The van der Waals surface area contributed by atoms with Crippen LogP contribution in [-0.4, -0.2) is 88.3 Å². The van der Waals surface area contributed by atoms with Crippen molar-refractivity contribution in [2.75, 3.05) is 53.5 Å². The number of carbonyl (C=O) groups is 1. The molecule has 2 aliphatic rings. The quantitative estimate of drug-likeness (QED) is 0.676. The van der Waals surface area contributed by atoms with Crippen molar-refractivity contribution in [1.29, 1.82) is 0 Å². The molecule has 0 bridgehead atoms. The molecule has 2 heterocycles. The average Bonchev–Trinajstić information content (AvgIpc) is 2.78. The molecule has 0 aromatic heterocycles. The normalized spacial score (nSPS) is 28.9. The lowest BCUT2D eigenvalue weighted by Crippen LogP contribution is -2.50. The zero-order valence-electron chi connectivity index (χ0n) is 14.6. The highest BCUT2D eigenvalue weighted by Gasteiger charge is 2.45. The van der Waals surface area contributed by atoms with Crippen molar-refractivity contribution in [2.24, 2.45) is 0 Å². The number of rotatable bonds is 5. The van der Waals surface area contributed by atoms with Crippen LogP contribution >= 0.6 is 0 Å². The summed E-state index contributed by atoms with van der Waals surface area (Å²) in [4.78, 5) is 11.5. The number of nitrogens with zero attached hydrogens (tertiary/aromatic N) is 2. The Bertz CT molecular complexity index is 541. The first kappa shape index (κ1) is 19.4. The van der Waals surface area contributed by atoms with Crippen LogP contribution in [0, 0.1) is 0 Å². The second kappa shape index (κ2) is 7.96. The van der Waals surface area contributed by atoms with E-state index in [1.54, 1.807) is 0 Å². The number of urea groups is 1. The zero-order valence-corrected chi connectivity index (χ0v) is 15.4. The van der Waals surface area contributed by atoms with E-state index in [0.29, 0.717) is 39.3 Å². The fourth-order valence-electron chi connectivity index (χ4n) is 2.99. The molecule has 2 amide bonds. The van der Waals surface area contributed by atoms with Crippen LogP contribution in [0.4, 0.5) is 4.79 Å². The first-order valence-electron chi connectivity index (χ1n) is 8.24. The zero-order chi connectivity index (χ0) is 17.8. The highest BCUT2D eigenvalue weighted by Crippen LogP contribution is 2.33. The minimum Gasteiger partial charge on any atom is -0.377 e. The second-order valence-corrected chi connectivity index (χ2v) is 8.52. The Balaban J connectivity index is 1.98. The Morgan fingerprint density at radius 2 is 2.12 bits per heavy atom. The summed E-state index contributed by atoms with van der Waals surface area (Å²) < 4.78 is 39.2. The molecular formula is C14H28N4O5S. The predicted molar refractivity (Wildman–Crippen MR) is 88.9 cm³/mol. The molecule has 2 aliphatic heterocycles. The maximum Gasteiger partial charge on any atom is 0.314 e. The van der Waals surface area contributed by atoms with Gasteiger partial charge in [-0.05, 0) is 19.8 Å². The molecule has 0 saturated carbocycles. The first-order valence-corrected chi connectivity index (χ1v) is 9.63. The Labute approximate surface area is 143 Å². The highest BCUT2D eigenvalue weighted by atomic mass is 32.2. The lowest BCUT2D eigenvalue weighted by atomic mass is 10.0. The summed E-state index contributed by atoms with van der Waals surface area (Å²) in [5, 5.41) is 5.43. The van der Waals surface area contributed by atoms with Gasteiger partial charge in [0.05, 0.1) is 19.3 Å². The van der Waals surface area contributed by atoms with Crippen LogP contribution in [0.1, 0.15) is 19.8 Å². The molecule has 9 nitrogen and oxygen atoms in total. The maximum absolute atomic E-state index is 12.4. The molecule has 2 N–H and O–H groups in total. The average molecular weight is 364 g/mol. The van der Waals surface area contributed by atoms with Crippen LogP contribution in [-0.2, 0) is 19.7 Å². The van der Waals surface area contributed by atoms with E-state index in [1.807, 2.05) is 6.92 Å². The lowest BCUT2D eigenvalue weighted by molar-refractivity contribution is -0.0803. The molecular weight excluding hydrogens is 336 g/mol. The molecule has 0 aromatic rings. The van der Waals surface area contributed by atoms with Crippen LogP contribution in [0.25, 0.3) is 0 Å². The van der Waals surface area contributed by atoms with Crippen molar-refractivity contribution in [3.63, 3.8) is 0 Å². The number of amides is 2. The van der Waals surface area contributed by atoms with Gasteiger partial charge in [0.1, 0.15) is 5.60 Å². The van der Waals surface area contributed by atoms with Gasteiger partial charge < -0.3 is 20.1 Å². The van der Waals surface area contributed by atoms with E-state index in [9.17, 15) is 13.2 Å². The molecule has 10 heteroatoms. The monoisotopic (exact) mass is 364 g/mol. The molecule has 2 atom stereocenters. The number of ether oxygens (including phenoxy) is 2. The van der Waals surface area contributed by atoms with Gasteiger partial charge in [-0.15, -0.1) is 0 Å². The van der Waals surface area contributed by atoms with E-state index in [4.69, 9.17) is 9.47 Å². The Morgan fingerprint density at radius 3 is 2.79 bits per heavy atom. The van der Waals surface area contributed by atoms with Gasteiger partial charge in [0.2, 0.25) is 0 Å². The van der Waals surface area contributed by atoms with Gasteiger partial charge in [0.15, 0.2) is 0 Å². The Morgan fingerprint density at radius 1 is 1.38 bits per heavy atom. The van der Waals surface area contributed by atoms with Crippen molar-refractivity contribution in [3.05, 3.63) is 0 Å². The van der Waals surface area contributed by atoms with E-state index < -0.39 is 15.8 Å². The van der Waals surface area contributed by atoms with Crippen molar-refractivity contribution in [3.8, 4) is 0 Å².